The van der Waals surface area contributed by atoms with Gasteiger partial charge in [0.25, 0.3) is 0 Å². The molecule has 0 aliphatic carbocycles. The number of aromatic hydroxyl groups is 3. The van der Waals surface area contributed by atoms with Crippen molar-refractivity contribution in [2.75, 3.05) is 20.3 Å². The number of phenols is 3. The largest absolute Gasteiger partial charge is 0.504 e. The van der Waals surface area contributed by atoms with E-state index in [1.807, 2.05) is 0 Å². The highest BCUT2D eigenvalue weighted by Crippen LogP contribution is 2.36. The molecule has 1 rings (SSSR count). The summed E-state index contributed by atoms with van der Waals surface area (Å²) in [6, 6.07) is 2.93. The van der Waals surface area contributed by atoms with E-state index in [4.69, 9.17) is 9.84 Å². The zero-order chi connectivity index (χ0) is 12.7. The van der Waals surface area contributed by atoms with Gasteiger partial charge >= 0.3 is 0 Å². The first kappa shape index (κ1) is 13.6. The molecule has 96 valence electrons. The van der Waals surface area contributed by atoms with Gasteiger partial charge in [-0.15, -0.1) is 0 Å². The van der Waals surface area contributed by atoms with Crippen LogP contribution in [0.2, 0.25) is 0 Å². The molecule has 1 aromatic rings. The van der Waals surface area contributed by atoms with E-state index in [1.54, 1.807) is 13.2 Å². The van der Waals surface area contributed by atoms with E-state index in [2.05, 4.69) is 5.32 Å². The van der Waals surface area contributed by atoms with Crippen molar-refractivity contribution >= 4 is 0 Å². The lowest BCUT2D eigenvalue weighted by atomic mass is 10.1. The van der Waals surface area contributed by atoms with Crippen LogP contribution in [0.5, 0.6) is 17.2 Å². The molecule has 0 amide bonds. The molecule has 0 bridgehead atoms. The Morgan fingerprint density at radius 2 is 1.88 bits per heavy atom. The standard InChI is InChI=1S/C12H19NO4/c1-17-7-3-2-6-13-8-9-4-5-10(14)12(16)11(9)15/h4-5,13-16H,2-3,6-8H2,1H3. The minimum Gasteiger partial charge on any atom is -0.504 e. The van der Waals surface area contributed by atoms with Crippen molar-refractivity contribution in [2.45, 2.75) is 19.4 Å². The van der Waals surface area contributed by atoms with Gasteiger partial charge in [0.15, 0.2) is 11.5 Å². The van der Waals surface area contributed by atoms with Gasteiger partial charge < -0.3 is 25.4 Å². The van der Waals surface area contributed by atoms with Gasteiger partial charge in [0.05, 0.1) is 0 Å². The topological polar surface area (TPSA) is 82.0 Å². The molecule has 0 saturated carbocycles. The first-order valence-electron chi connectivity index (χ1n) is 5.59. The van der Waals surface area contributed by atoms with Crippen LogP contribution in [0.4, 0.5) is 0 Å². The molecule has 0 aliphatic rings. The molecule has 4 N–H and O–H groups in total. The van der Waals surface area contributed by atoms with E-state index in [0.29, 0.717) is 12.1 Å². The van der Waals surface area contributed by atoms with Crippen LogP contribution in [0.25, 0.3) is 0 Å². The predicted octanol–water partition coefficient (Wildman–Crippen LogP) is 1.32. The van der Waals surface area contributed by atoms with E-state index in [-0.39, 0.29) is 11.5 Å². The summed E-state index contributed by atoms with van der Waals surface area (Å²) in [5.74, 6) is -1.05. The molecule has 5 nitrogen and oxygen atoms in total. The van der Waals surface area contributed by atoms with Crippen molar-refractivity contribution in [3.05, 3.63) is 17.7 Å². The van der Waals surface area contributed by atoms with Crippen molar-refractivity contribution in [2.24, 2.45) is 0 Å². The van der Waals surface area contributed by atoms with Gasteiger partial charge in [0, 0.05) is 25.8 Å². The Morgan fingerprint density at radius 1 is 1.12 bits per heavy atom. The number of ether oxygens (including phenoxy) is 1. The summed E-state index contributed by atoms with van der Waals surface area (Å²) < 4.78 is 4.93. The highest BCUT2D eigenvalue weighted by molar-refractivity contribution is 5.52. The summed E-state index contributed by atoms with van der Waals surface area (Å²) in [5.41, 5.74) is 0.562. The van der Waals surface area contributed by atoms with Crippen molar-refractivity contribution in [3.8, 4) is 17.2 Å². The van der Waals surface area contributed by atoms with Gasteiger partial charge in [-0.05, 0) is 25.5 Å². The second kappa shape index (κ2) is 6.98. The van der Waals surface area contributed by atoms with E-state index < -0.39 is 5.75 Å². The number of nitrogens with one attached hydrogen (secondary N) is 1. The maximum atomic E-state index is 9.55. The number of rotatable bonds is 7. The van der Waals surface area contributed by atoms with E-state index in [9.17, 15) is 10.2 Å². The molecule has 0 aromatic heterocycles. The van der Waals surface area contributed by atoms with Crippen LogP contribution in [0.3, 0.4) is 0 Å². The Bertz CT molecular complexity index is 355. The fraction of sp³-hybridized carbons (Fsp3) is 0.500. The zero-order valence-corrected chi connectivity index (χ0v) is 9.94. The van der Waals surface area contributed by atoms with Gasteiger partial charge in [-0.25, -0.2) is 0 Å². The molecule has 0 radical (unpaired) electrons. The second-order valence-corrected chi connectivity index (χ2v) is 3.82. The third-order valence-electron chi connectivity index (χ3n) is 2.48. The van der Waals surface area contributed by atoms with Crippen LogP contribution >= 0.6 is 0 Å². The minimum absolute atomic E-state index is 0.269. The van der Waals surface area contributed by atoms with Gasteiger partial charge in [-0.3, -0.25) is 0 Å². The van der Waals surface area contributed by atoms with Crippen LogP contribution in [-0.2, 0) is 11.3 Å². The highest BCUT2D eigenvalue weighted by Gasteiger charge is 2.09. The Labute approximate surface area is 101 Å². The maximum Gasteiger partial charge on any atom is 0.200 e. The molecule has 0 heterocycles. The number of benzene rings is 1. The summed E-state index contributed by atoms with van der Waals surface area (Å²) >= 11 is 0. The van der Waals surface area contributed by atoms with Crippen LogP contribution in [0.1, 0.15) is 18.4 Å². The lowest BCUT2D eigenvalue weighted by Crippen LogP contribution is -2.15. The van der Waals surface area contributed by atoms with Gasteiger partial charge in [-0.2, -0.15) is 0 Å². The normalized spacial score (nSPS) is 10.6. The van der Waals surface area contributed by atoms with Crippen LogP contribution < -0.4 is 5.32 Å². The molecule has 0 atom stereocenters. The summed E-state index contributed by atoms with van der Waals surface area (Å²) in [6.07, 6.45) is 1.97. The first-order valence-corrected chi connectivity index (χ1v) is 5.59. The van der Waals surface area contributed by atoms with E-state index in [1.165, 1.54) is 6.07 Å². The molecular weight excluding hydrogens is 222 g/mol. The van der Waals surface area contributed by atoms with Gasteiger partial charge in [-0.1, -0.05) is 6.07 Å². The van der Waals surface area contributed by atoms with E-state index in [0.717, 1.165) is 26.0 Å². The second-order valence-electron chi connectivity index (χ2n) is 3.82. The zero-order valence-electron chi connectivity index (χ0n) is 9.94. The highest BCUT2D eigenvalue weighted by atomic mass is 16.5. The van der Waals surface area contributed by atoms with Crippen molar-refractivity contribution in [1.82, 2.24) is 5.32 Å². The minimum atomic E-state index is -0.469. The smallest absolute Gasteiger partial charge is 0.200 e. The average molecular weight is 241 g/mol. The average Bonchev–Trinajstić information content (AvgIpc) is 2.33. The van der Waals surface area contributed by atoms with Crippen LogP contribution in [0.15, 0.2) is 12.1 Å². The Morgan fingerprint density at radius 3 is 2.59 bits per heavy atom. The molecule has 0 saturated heterocycles. The van der Waals surface area contributed by atoms with Crippen molar-refractivity contribution in [1.29, 1.82) is 0 Å². The Hall–Kier alpha value is -1.46. The molecule has 1 aromatic carbocycles. The number of hydrogen-bond acceptors (Lipinski definition) is 5. The summed E-state index contributed by atoms with van der Waals surface area (Å²) in [7, 11) is 1.67. The first-order chi connectivity index (χ1) is 8.16. The van der Waals surface area contributed by atoms with Crippen molar-refractivity contribution in [3.63, 3.8) is 0 Å². The number of methoxy groups -OCH3 is 1. The molecule has 0 fully saturated rings. The molecular formula is C12H19NO4. The molecule has 0 spiro atoms. The Balaban J connectivity index is 2.35. The predicted molar refractivity (Wildman–Crippen MR) is 64.3 cm³/mol. The van der Waals surface area contributed by atoms with Crippen molar-refractivity contribution < 1.29 is 20.1 Å². The van der Waals surface area contributed by atoms with Crippen LogP contribution in [-0.4, -0.2) is 35.6 Å². The summed E-state index contributed by atoms with van der Waals surface area (Å²) in [5, 5.41) is 31.2. The van der Waals surface area contributed by atoms with Gasteiger partial charge in [0.2, 0.25) is 5.75 Å². The number of unbranched alkanes of at least 4 members (excludes halogenated alkanes) is 1. The lowest BCUT2D eigenvalue weighted by Gasteiger charge is -2.08. The van der Waals surface area contributed by atoms with E-state index >= 15 is 0 Å². The third kappa shape index (κ3) is 4.13. The lowest BCUT2D eigenvalue weighted by molar-refractivity contribution is 0.192. The molecule has 17 heavy (non-hydrogen) atoms. The fourth-order valence-electron chi connectivity index (χ4n) is 1.47. The number of phenolic OH excluding ortho intramolecular Hbond substituents is 3. The summed E-state index contributed by atoms with van der Waals surface area (Å²) in [6.45, 7) is 2.00. The molecule has 5 heteroatoms. The van der Waals surface area contributed by atoms with Crippen LogP contribution in [0, 0.1) is 0 Å². The summed E-state index contributed by atoms with van der Waals surface area (Å²) in [4.78, 5) is 0. The quantitative estimate of drug-likeness (QED) is 0.427. The molecule has 0 unspecified atom stereocenters. The Kier molecular flexibility index (Phi) is 5.59. The fourth-order valence-corrected chi connectivity index (χ4v) is 1.47. The van der Waals surface area contributed by atoms with Gasteiger partial charge in [0.1, 0.15) is 0 Å². The maximum absolute atomic E-state index is 9.55. The SMILES string of the molecule is COCCCCNCc1ccc(O)c(O)c1O. The molecule has 0 aliphatic heterocycles. The number of hydrogen-bond donors (Lipinski definition) is 4. The monoisotopic (exact) mass is 241 g/mol. The third-order valence-corrected chi connectivity index (χ3v) is 2.48.